The van der Waals surface area contributed by atoms with Crippen LogP contribution in [0, 0.1) is 22.0 Å². The van der Waals surface area contributed by atoms with Crippen LogP contribution < -0.4 is 10.5 Å². The van der Waals surface area contributed by atoms with Crippen LogP contribution >= 0.6 is 11.3 Å². The minimum atomic E-state index is -4.79. The number of nitro benzene ring substituents is 1. The van der Waals surface area contributed by atoms with Crippen molar-refractivity contribution in [1.82, 2.24) is 9.88 Å². The second kappa shape index (κ2) is 10.2. The van der Waals surface area contributed by atoms with E-state index in [2.05, 4.69) is 16.9 Å². The molecule has 186 valence electrons. The Kier molecular flexibility index (Phi) is 7.42. The van der Waals surface area contributed by atoms with Crippen molar-refractivity contribution in [2.24, 2.45) is 11.8 Å². The van der Waals surface area contributed by atoms with Gasteiger partial charge in [0, 0.05) is 19.2 Å². The van der Waals surface area contributed by atoms with Crippen LogP contribution in [-0.4, -0.2) is 48.0 Å². The molecule has 2 fully saturated rings. The van der Waals surface area contributed by atoms with Gasteiger partial charge < -0.3 is 9.80 Å². The average Bonchev–Trinajstić information content (AvgIpc) is 2.79. The Balaban J connectivity index is 1.42. The quantitative estimate of drug-likeness (QED) is 0.397. The molecule has 2 aromatic rings. The van der Waals surface area contributed by atoms with Gasteiger partial charge in [-0.05, 0) is 63.7 Å². The molecule has 2 aliphatic heterocycles. The molecule has 2 saturated heterocycles. The zero-order valence-electron chi connectivity index (χ0n) is 19.1. The monoisotopic (exact) mass is 498 g/mol. The number of alkyl halides is 3. The summed E-state index contributed by atoms with van der Waals surface area (Å²) in [5, 5.41) is 11.4. The predicted octanol–water partition coefficient (Wildman–Crippen LogP) is 5.31. The van der Waals surface area contributed by atoms with Crippen molar-refractivity contribution in [1.29, 1.82) is 0 Å². The van der Waals surface area contributed by atoms with Gasteiger partial charge in [-0.3, -0.25) is 14.9 Å². The van der Waals surface area contributed by atoms with Crippen molar-refractivity contribution >= 4 is 32.2 Å². The summed E-state index contributed by atoms with van der Waals surface area (Å²) in [6.45, 7) is 3.73. The van der Waals surface area contributed by atoms with Crippen LogP contribution in [0.4, 0.5) is 24.0 Å². The number of aromatic nitrogens is 1. The number of likely N-dealkylation sites (tertiary alicyclic amines) is 1. The van der Waals surface area contributed by atoms with E-state index in [-0.39, 0.29) is 10.1 Å². The molecule has 11 heteroatoms. The number of piperidine rings is 2. The van der Waals surface area contributed by atoms with E-state index in [1.807, 2.05) is 4.90 Å². The van der Waals surface area contributed by atoms with Crippen LogP contribution in [0.1, 0.15) is 50.5 Å². The van der Waals surface area contributed by atoms with Crippen LogP contribution in [-0.2, 0) is 6.18 Å². The Bertz CT molecular complexity index is 1090. The Labute approximate surface area is 199 Å². The fourth-order valence-electron chi connectivity index (χ4n) is 5.03. The first-order valence-electron chi connectivity index (χ1n) is 11.8. The van der Waals surface area contributed by atoms with Crippen LogP contribution in [0.5, 0.6) is 0 Å². The number of halogens is 3. The van der Waals surface area contributed by atoms with Gasteiger partial charge in [0.05, 0.1) is 15.9 Å². The van der Waals surface area contributed by atoms with Gasteiger partial charge in [-0.15, -0.1) is 0 Å². The van der Waals surface area contributed by atoms with E-state index in [1.165, 1.54) is 45.2 Å². The van der Waals surface area contributed by atoms with Crippen molar-refractivity contribution in [3.63, 3.8) is 0 Å². The molecule has 0 atom stereocenters. The molecule has 4 rings (SSSR count). The summed E-state index contributed by atoms with van der Waals surface area (Å²) < 4.78 is 39.4. The van der Waals surface area contributed by atoms with Gasteiger partial charge in [0.2, 0.25) is 0 Å². The van der Waals surface area contributed by atoms with Crippen LogP contribution in [0.25, 0.3) is 10.1 Å². The summed E-state index contributed by atoms with van der Waals surface area (Å²) in [4.78, 5) is 31.5. The number of nitro groups is 1. The Morgan fingerprint density at radius 3 is 2.24 bits per heavy atom. The largest absolute Gasteiger partial charge is 0.416 e. The molecule has 0 bridgehead atoms. The first kappa shape index (κ1) is 24.8. The van der Waals surface area contributed by atoms with E-state index in [0.717, 1.165) is 30.1 Å². The predicted molar refractivity (Wildman–Crippen MR) is 127 cm³/mol. The lowest BCUT2D eigenvalue weighted by Crippen LogP contribution is -2.34. The van der Waals surface area contributed by atoms with E-state index in [0.29, 0.717) is 36.3 Å². The van der Waals surface area contributed by atoms with E-state index in [1.54, 1.807) is 0 Å². The summed E-state index contributed by atoms with van der Waals surface area (Å²) >= 11 is 0.922. The second-order valence-corrected chi connectivity index (χ2v) is 10.5. The lowest BCUT2D eigenvalue weighted by Gasteiger charge is -2.33. The maximum atomic E-state index is 13.2. The maximum absolute atomic E-state index is 13.2. The fraction of sp³-hybridized carbons (Fsp3) is 0.652. The highest BCUT2D eigenvalue weighted by molar-refractivity contribution is 7.22. The summed E-state index contributed by atoms with van der Waals surface area (Å²) in [6, 6.07) is 1.16. The first-order valence-corrected chi connectivity index (χ1v) is 12.6. The molecular formula is C23H29F3N4O3S. The fourth-order valence-corrected chi connectivity index (χ4v) is 6.15. The van der Waals surface area contributed by atoms with Gasteiger partial charge in [0.1, 0.15) is 4.70 Å². The highest BCUT2D eigenvalue weighted by Gasteiger charge is 2.34. The highest BCUT2D eigenvalue weighted by Crippen LogP contribution is 2.39. The minimum absolute atomic E-state index is 0.0618. The van der Waals surface area contributed by atoms with Crippen molar-refractivity contribution in [2.75, 3.05) is 38.1 Å². The minimum Gasteiger partial charge on any atom is -0.348 e. The first-order chi connectivity index (χ1) is 16.1. The van der Waals surface area contributed by atoms with E-state index in [4.69, 9.17) is 0 Å². The van der Waals surface area contributed by atoms with E-state index in [9.17, 15) is 28.1 Å². The normalized spacial score (nSPS) is 19.1. The van der Waals surface area contributed by atoms with Crippen molar-refractivity contribution in [3.05, 3.63) is 38.2 Å². The SMILES string of the molecule is CN1CCC(CCCC2CCN(c3nc(=O)c4cc(C(F)(F)F)cc([N+](=O)[O-])c4s3)CC2)CC1. The van der Waals surface area contributed by atoms with Gasteiger partial charge in [-0.2, -0.15) is 18.2 Å². The van der Waals surface area contributed by atoms with Crippen LogP contribution in [0.2, 0.25) is 0 Å². The molecule has 0 N–H and O–H groups in total. The molecule has 1 aromatic heterocycles. The number of hydrogen-bond donors (Lipinski definition) is 0. The second-order valence-electron chi connectivity index (χ2n) is 9.54. The number of nitrogens with zero attached hydrogens (tertiary/aromatic N) is 4. The molecule has 3 heterocycles. The Hall–Kier alpha value is -2.27. The molecular weight excluding hydrogens is 469 g/mol. The zero-order valence-corrected chi connectivity index (χ0v) is 20.0. The number of hydrogen-bond acceptors (Lipinski definition) is 7. The number of rotatable bonds is 6. The molecule has 0 saturated carbocycles. The van der Waals surface area contributed by atoms with Crippen molar-refractivity contribution in [2.45, 2.75) is 51.1 Å². The zero-order chi connectivity index (χ0) is 24.5. The van der Waals surface area contributed by atoms with Crippen LogP contribution in [0.3, 0.4) is 0 Å². The number of benzene rings is 1. The summed E-state index contributed by atoms with van der Waals surface area (Å²) in [7, 11) is 2.17. The highest BCUT2D eigenvalue weighted by atomic mass is 32.1. The molecule has 0 radical (unpaired) electrons. The molecule has 7 nitrogen and oxygen atoms in total. The summed E-state index contributed by atoms with van der Waals surface area (Å²) in [5.74, 6) is 1.42. The molecule has 0 aliphatic carbocycles. The van der Waals surface area contributed by atoms with Crippen molar-refractivity contribution in [3.8, 4) is 0 Å². The third-order valence-corrected chi connectivity index (χ3v) is 8.33. The van der Waals surface area contributed by atoms with Crippen LogP contribution in [0.15, 0.2) is 16.9 Å². The van der Waals surface area contributed by atoms with Gasteiger partial charge in [-0.25, -0.2) is 0 Å². The maximum Gasteiger partial charge on any atom is 0.416 e. The number of anilines is 1. The van der Waals surface area contributed by atoms with Gasteiger partial charge in [0.15, 0.2) is 5.13 Å². The molecule has 1 aromatic carbocycles. The summed E-state index contributed by atoms with van der Waals surface area (Å²) in [6.07, 6.45) is 3.32. The van der Waals surface area contributed by atoms with Gasteiger partial charge in [-0.1, -0.05) is 30.6 Å². The number of fused-ring (bicyclic) bond motifs is 1. The van der Waals surface area contributed by atoms with Gasteiger partial charge in [0.25, 0.3) is 11.2 Å². The van der Waals surface area contributed by atoms with Gasteiger partial charge >= 0.3 is 6.18 Å². The third-order valence-electron chi connectivity index (χ3n) is 7.16. The smallest absolute Gasteiger partial charge is 0.348 e. The molecule has 2 aliphatic rings. The third kappa shape index (κ3) is 5.68. The van der Waals surface area contributed by atoms with E-state index >= 15 is 0 Å². The lowest BCUT2D eigenvalue weighted by molar-refractivity contribution is -0.383. The Morgan fingerprint density at radius 1 is 1.09 bits per heavy atom. The topological polar surface area (TPSA) is 79.6 Å². The molecule has 0 spiro atoms. The van der Waals surface area contributed by atoms with E-state index < -0.39 is 27.9 Å². The average molecular weight is 499 g/mol. The lowest BCUT2D eigenvalue weighted by atomic mass is 9.87. The molecule has 34 heavy (non-hydrogen) atoms. The molecule has 0 unspecified atom stereocenters. The Morgan fingerprint density at radius 2 is 1.68 bits per heavy atom. The number of non-ortho nitro benzene ring substituents is 1. The van der Waals surface area contributed by atoms with Crippen molar-refractivity contribution < 1.29 is 18.1 Å². The standard InChI is InChI=1S/C23H29F3N4O3S/c1-28-9-5-15(6-10-28)3-2-4-16-7-11-29(12-8-16)22-27-21(31)18-13-17(23(24,25)26)14-19(30(32)33)20(18)34-22/h13-16H,2-12H2,1H3. The molecule has 0 amide bonds. The summed E-state index contributed by atoms with van der Waals surface area (Å²) in [5.41, 5.74) is -2.79.